The number of nitrogens with two attached hydrogens (primary N) is 1. The highest BCUT2D eigenvalue weighted by molar-refractivity contribution is 7.98. The molecule has 3 aromatic heterocycles. The van der Waals surface area contributed by atoms with Crippen molar-refractivity contribution in [3.05, 3.63) is 47.1 Å². The summed E-state index contributed by atoms with van der Waals surface area (Å²) >= 11 is 1.34. The van der Waals surface area contributed by atoms with Crippen molar-refractivity contribution >= 4 is 28.7 Å². The van der Waals surface area contributed by atoms with Crippen LogP contribution in [0.2, 0.25) is 0 Å². The van der Waals surface area contributed by atoms with E-state index < -0.39 is 23.0 Å². The number of aromatic nitrogens is 5. The van der Waals surface area contributed by atoms with Crippen LogP contribution in [0.25, 0.3) is 22.6 Å². The number of oxazole rings is 1. The van der Waals surface area contributed by atoms with Gasteiger partial charge in [0, 0.05) is 22.8 Å². The number of aryl methyl sites for hydroxylation is 1. The van der Waals surface area contributed by atoms with Gasteiger partial charge in [0.05, 0.1) is 5.69 Å². The monoisotopic (exact) mass is 392 g/mol. The topological polar surface area (TPSA) is 107 Å². The van der Waals surface area contributed by atoms with Crippen LogP contribution in [0.4, 0.5) is 19.0 Å². The van der Waals surface area contributed by atoms with Gasteiger partial charge < -0.3 is 10.2 Å². The minimum atomic E-state index is -1.08. The molecule has 0 radical (unpaired) electrons. The molecule has 7 nitrogen and oxygen atoms in total. The van der Waals surface area contributed by atoms with Crippen molar-refractivity contribution in [2.45, 2.75) is 17.6 Å². The zero-order valence-electron chi connectivity index (χ0n) is 13.8. The van der Waals surface area contributed by atoms with Gasteiger partial charge in [-0.3, -0.25) is 0 Å². The van der Waals surface area contributed by atoms with Crippen LogP contribution in [-0.2, 0) is 5.75 Å². The fourth-order valence-electron chi connectivity index (χ4n) is 2.50. The normalized spacial score (nSPS) is 11.4. The van der Waals surface area contributed by atoms with Crippen LogP contribution in [0.5, 0.6) is 0 Å². The van der Waals surface area contributed by atoms with Crippen molar-refractivity contribution in [3.63, 3.8) is 0 Å². The van der Waals surface area contributed by atoms with E-state index in [2.05, 4.69) is 25.4 Å². The number of halogens is 3. The van der Waals surface area contributed by atoms with Crippen LogP contribution >= 0.6 is 11.8 Å². The van der Waals surface area contributed by atoms with E-state index in [9.17, 15) is 13.2 Å². The van der Waals surface area contributed by atoms with Gasteiger partial charge in [0.25, 0.3) is 0 Å². The zero-order valence-corrected chi connectivity index (χ0v) is 14.6. The minimum Gasteiger partial charge on any atom is -0.441 e. The van der Waals surface area contributed by atoms with E-state index in [0.29, 0.717) is 45.4 Å². The van der Waals surface area contributed by atoms with E-state index in [1.165, 1.54) is 11.8 Å². The molecule has 0 atom stereocenters. The van der Waals surface area contributed by atoms with Gasteiger partial charge >= 0.3 is 0 Å². The van der Waals surface area contributed by atoms with Gasteiger partial charge in [0.15, 0.2) is 0 Å². The largest absolute Gasteiger partial charge is 0.441 e. The van der Waals surface area contributed by atoms with Crippen LogP contribution in [0.15, 0.2) is 27.5 Å². The van der Waals surface area contributed by atoms with Gasteiger partial charge in [0.1, 0.15) is 40.1 Å². The number of nitrogens with zero attached hydrogens (tertiary/aromatic N) is 4. The molecule has 0 aliphatic heterocycles. The lowest BCUT2D eigenvalue weighted by Gasteiger charge is -2.02. The number of nitrogen functional groups attached to an aromatic ring is 1. The first-order valence-electron chi connectivity index (χ1n) is 7.63. The molecule has 3 heterocycles. The lowest BCUT2D eigenvalue weighted by Crippen LogP contribution is -1.94. The summed E-state index contributed by atoms with van der Waals surface area (Å²) in [6.45, 7) is 1.62. The molecule has 3 N–H and O–H groups in total. The third-order valence-corrected chi connectivity index (χ3v) is 4.79. The Morgan fingerprint density at radius 1 is 1.11 bits per heavy atom. The fourth-order valence-corrected chi connectivity index (χ4v) is 3.54. The summed E-state index contributed by atoms with van der Waals surface area (Å²) < 4.78 is 46.4. The summed E-state index contributed by atoms with van der Waals surface area (Å²) in [5.74, 6) is -2.44. The molecule has 0 aliphatic carbocycles. The molecular weight excluding hydrogens is 381 g/mol. The first-order chi connectivity index (χ1) is 12.9. The second-order valence-corrected chi connectivity index (χ2v) is 6.61. The van der Waals surface area contributed by atoms with Crippen LogP contribution < -0.4 is 5.73 Å². The molecule has 0 unspecified atom stereocenters. The molecule has 27 heavy (non-hydrogen) atoms. The van der Waals surface area contributed by atoms with Crippen molar-refractivity contribution in [1.82, 2.24) is 25.4 Å². The summed E-state index contributed by atoms with van der Waals surface area (Å²) in [5.41, 5.74) is 6.65. The number of nitrogens with one attached hydrogen (secondary N) is 1. The van der Waals surface area contributed by atoms with Gasteiger partial charge in [-0.05, 0) is 13.0 Å². The summed E-state index contributed by atoms with van der Waals surface area (Å²) in [7, 11) is 0. The minimum absolute atomic E-state index is 0.251. The smallest absolute Gasteiger partial charge is 0.232 e. The summed E-state index contributed by atoms with van der Waals surface area (Å²) in [6.07, 6.45) is 0. The van der Waals surface area contributed by atoms with Crippen LogP contribution in [0.3, 0.4) is 0 Å². The quantitative estimate of drug-likeness (QED) is 0.511. The van der Waals surface area contributed by atoms with Gasteiger partial charge in [-0.15, -0.1) is 16.9 Å². The van der Waals surface area contributed by atoms with Crippen LogP contribution in [0, 0.1) is 24.4 Å². The highest BCUT2D eigenvalue weighted by atomic mass is 32.2. The molecular formula is C16H11F3N6OS. The number of aromatic amines is 1. The highest BCUT2D eigenvalue weighted by Gasteiger charge is 2.21. The molecule has 0 amide bonds. The van der Waals surface area contributed by atoms with E-state index in [1.807, 2.05) is 0 Å². The Morgan fingerprint density at radius 2 is 1.85 bits per heavy atom. The second kappa shape index (κ2) is 6.58. The highest BCUT2D eigenvalue weighted by Crippen LogP contribution is 2.32. The Hall–Kier alpha value is -3.08. The number of anilines is 1. The second-order valence-electron chi connectivity index (χ2n) is 5.60. The zero-order chi connectivity index (χ0) is 19.1. The van der Waals surface area contributed by atoms with Gasteiger partial charge in [-0.25, -0.2) is 23.1 Å². The van der Waals surface area contributed by atoms with E-state index in [1.54, 1.807) is 13.0 Å². The average Bonchev–Trinajstić information content (AvgIpc) is 3.18. The number of fused-ring (bicyclic) bond motifs is 1. The SMILES string of the molecule is Cc1oc(-c2c(F)cc(F)cc2F)nc1CSc1cc(N)nc2n[nH]nc12. The number of rotatable bonds is 4. The van der Waals surface area contributed by atoms with Crippen LogP contribution in [-0.4, -0.2) is 25.4 Å². The number of hydrogen-bond donors (Lipinski definition) is 2. The van der Waals surface area contributed by atoms with E-state index in [-0.39, 0.29) is 11.7 Å². The van der Waals surface area contributed by atoms with Crippen LogP contribution in [0.1, 0.15) is 11.5 Å². The standard InChI is InChI=1S/C16H11F3N6OS/c1-6-10(5-27-11-4-12(20)22-15-14(11)23-25-24-15)21-16(26-6)13-8(18)2-7(17)3-9(13)19/h2-4H,5H2,1H3,(H3,20,22,23,24,25). The maximum absolute atomic E-state index is 13.9. The first kappa shape index (κ1) is 17.3. The van der Waals surface area contributed by atoms with Gasteiger partial charge in [-0.2, -0.15) is 10.3 Å². The molecule has 1 aromatic carbocycles. The average molecular weight is 392 g/mol. The van der Waals surface area contributed by atoms with E-state index >= 15 is 0 Å². The Labute approximate surface area is 154 Å². The lowest BCUT2D eigenvalue weighted by molar-refractivity contribution is 0.511. The summed E-state index contributed by atoms with van der Waals surface area (Å²) in [4.78, 5) is 8.92. The molecule has 11 heteroatoms. The molecule has 4 rings (SSSR count). The number of benzene rings is 1. The Kier molecular flexibility index (Phi) is 4.22. The maximum Gasteiger partial charge on any atom is 0.232 e. The van der Waals surface area contributed by atoms with Crippen molar-refractivity contribution in [3.8, 4) is 11.5 Å². The molecule has 0 spiro atoms. The summed E-state index contributed by atoms with van der Waals surface area (Å²) in [5, 5.41) is 10.4. The summed E-state index contributed by atoms with van der Waals surface area (Å²) in [6, 6.07) is 2.80. The Balaban J connectivity index is 1.64. The van der Waals surface area contributed by atoms with Crippen molar-refractivity contribution < 1.29 is 17.6 Å². The number of pyridine rings is 1. The Morgan fingerprint density at radius 3 is 2.59 bits per heavy atom. The first-order valence-corrected chi connectivity index (χ1v) is 8.62. The van der Waals surface area contributed by atoms with Gasteiger partial charge in [-0.1, -0.05) is 0 Å². The van der Waals surface area contributed by atoms with E-state index in [4.69, 9.17) is 10.2 Å². The fraction of sp³-hybridized carbons (Fsp3) is 0.125. The predicted molar refractivity (Wildman–Crippen MR) is 92.2 cm³/mol. The lowest BCUT2D eigenvalue weighted by atomic mass is 10.2. The third kappa shape index (κ3) is 3.21. The predicted octanol–water partition coefficient (Wildman–Crippen LogP) is 3.61. The molecule has 0 saturated heterocycles. The van der Waals surface area contributed by atoms with Crippen molar-refractivity contribution in [2.24, 2.45) is 0 Å². The van der Waals surface area contributed by atoms with E-state index in [0.717, 1.165) is 0 Å². The maximum atomic E-state index is 13.9. The number of thioether (sulfide) groups is 1. The molecule has 0 fully saturated rings. The van der Waals surface area contributed by atoms with Crippen molar-refractivity contribution in [2.75, 3.05) is 5.73 Å². The third-order valence-electron chi connectivity index (χ3n) is 3.75. The number of hydrogen-bond acceptors (Lipinski definition) is 7. The van der Waals surface area contributed by atoms with Gasteiger partial charge in [0.2, 0.25) is 11.5 Å². The molecule has 138 valence electrons. The number of H-pyrrole nitrogens is 1. The van der Waals surface area contributed by atoms with Crippen molar-refractivity contribution in [1.29, 1.82) is 0 Å². The Bertz CT molecular complexity index is 1140. The molecule has 0 bridgehead atoms. The molecule has 0 aliphatic rings. The molecule has 4 aromatic rings. The molecule has 0 saturated carbocycles.